The van der Waals surface area contributed by atoms with Crippen molar-refractivity contribution >= 4 is 120 Å². The number of imide groups is 3. The van der Waals surface area contributed by atoms with Crippen LogP contribution in [-0.2, 0) is 93.6 Å². The Morgan fingerprint density at radius 2 is 0.757 bits per heavy atom. The van der Waals surface area contributed by atoms with E-state index in [1.54, 1.807) is 25.6 Å². The lowest BCUT2D eigenvalue weighted by Gasteiger charge is -2.26. The summed E-state index contributed by atoms with van der Waals surface area (Å²) in [5, 5.41) is 5.89. The first-order chi connectivity index (χ1) is 65.4. The summed E-state index contributed by atoms with van der Waals surface area (Å²) in [5.74, 6) is -2.40. The predicted octanol–water partition coefficient (Wildman–Crippen LogP) is 21.3. The van der Waals surface area contributed by atoms with Gasteiger partial charge in [-0.1, -0.05) is 290 Å². The largest absolute Gasteiger partial charge is 0.389 e. The number of Topliss-reactive ketones (excluding diaryl/α,β-unsaturated/α-hetero) is 2. The van der Waals surface area contributed by atoms with E-state index in [-0.39, 0.29) is 142 Å². The maximum Gasteiger partial charge on any atom is 0.248 e. The number of hydrogen-bond donors (Lipinski definition) is 6. The van der Waals surface area contributed by atoms with Gasteiger partial charge >= 0.3 is 0 Å². The molecule has 5 saturated heterocycles. The number of likely N-dealkylation sites (tertiary alicyclic amines) is 3. The van der Waals surface area contributed by atoms with Gasteiger partial charge in [-0.15, -0.1) is 11.8 Å². The molecule has 788 valence electrons. The van der Waals surface area contributed by atoms with Crippen molar-refractivity contribution < 1.29 is 113 Å². The summed E-state index contributed by atoms with van der Waals surface area (Å²) in [6, 6.07) is 0. The average molecular weight is 2020 g/mol. The Morgan fingerprint density at radius 3 is 1.13 bits per heavy atom. The summed E-state index contributed by atoms with van der Waals surface area (Å²) in [5.41, 5.74) is 0.839. The highest BCUT2D eigenvalue weighted by atomic mass is 32.2. The monoisotopic (exact) mass is 2020 g/mol. The number of amides is 7. The molecule has 0 saturated carbocycles. The molecule has 5 heterocycles. The topological polar surface area (TPSA) is 370 Å². The molecule has 12 unspecified atom stereocenters. The average Bonchev–Trinajstić information content (AvgIpc) is 1.72. The Labute approximate surface area is 824 Å². The van der Waals surface area contributed by atoms with E-state index in [2.05, 4.69) is 42.4 Å². The van der Waals surface area contributed by atoms with E-state index in [4.69, 9.17) is 50.4 Å². The molecule has 12 atom stereocenters. The van der Waals surface area contributed by atoms with Crippen molar-refractivity contribution in [3.63, 3.8) is 0 Å². The van der Waals surface area contributed by atoms with Crippen molar-refractivity contribution in [1.82, 2.24) is 25.3 Å². The van der Waals surface area contributed by atoms with Gasteiger partial charge in [-0.05, 0) is 88.7 Å². The number of nitrogens with zero attached hydrogens (tertiary/aromatic N) is 3. The molecule has 0 aliphatic carbocycles. The van der Waals surface area contributed by atoms with Crippen molar-refractivity contribution in [2.75, 3.05) is 105 Å². The van der Waals surface area contributed by atoms with Crippen molar-refractivity contribution in [3.8, 4) is 0 Å². The second-order valence-electron chi connectivity index (χ2n) is 38.9. The van der Waals surface area contributed by atoms with Crippen molar-refractivity contribution in [2.45, 2.75) is 435 Å². The Balaban J connectivity index is 0.692. The van der Waals surface area contributed by atoms with Crippen LogP contribution in [0.4, 0.5) is 0 Å². The van der Waals surface area contributed by atoms with E-state index in [9.17, 15) is 62.7 Å². The van der Waals surface area contributed by atoms with Gasteiger partial charge in [-0.2, -0.15) is 0 Å². The molecule has 5 aliphatic heterocycles. The third-order valence-electron chi connectivity index (χ3n) is 26.5. The van der Waals surface area contributed by atoms with Crippen LogP contribution in [0.15, 0.2) is 12.3 Å². The third kappa shape index (κ3) is 58.6. The number of unbranched alkanes of at least 4 members (excludes halogenated alkanes) is 45. The summed E-state index contributed by atoms with van der Waals surface area (Å²) in [7, 11) is -11.8. The second kappa shape index (κ2) is 74.6. The Morgan fingerprint density at radius 1 is 0.404 bits per heavy atom. The highest BCUT2D eigenvalue weighted by Crippen LogP contribution is 2.50. The van der Waals surface area contributed by atoms with Gasteiger partial charge in [-0.25, -0.2) is 0 Å². The first-order valence-corrected chi connectivity index (χ1v) is 61.3. The molecule has 5 aliphatic rings. The van der Waals surface area contributed by atoms with Gasteiger partial charge in [0.25, 0.3) is 0 Å². The van der Waals surface area contributed by atoms with E-state index in [1.165, 1.54) is 224 Å². The maximum atomic E-state index is 13.5. The molecule has 0 radical (unpaired) electrons. The molecule has 0 bridgehead atoms. The lowest BCUT2D eigenvalue weighted by atomic mass is 9.89. The van der Waals surface area contributed by atoms with Crippen molar-refractivity contribution in [2.24, 2.45) is 17.8 Å². The summed E-state index contributed by atoms with van der Waals surface area (Å²) in [6.45, 7) is 11.6. The van der Waals surface area contributed by atoms with Crippen LogP contribution in [0.3, 0.4) is 0 Å². The standard InChI is InChI=1S/C102H185N5O24P4S/c1-85-79-98(112)106(100(85)114)68-61-89(108)81-88(59-50-52-67-104-96(110)62-69-107-99(113)80-86(2)101(107)115)90(109)60-58-70-121-75-63-87(3)103-66-51-44-47-55-72-125-133(6,118)129-84-94-91(64-76-123-94)130-134(7,119)126-73-54-46-43-41-39-37-35-33-31-29-27-25-23-21-19-17-15-13-11-9-10-12-14-16-18-20-22-24-26-28-30-32-34-36-38-40-42-45-53-71-124-132(5,117)128-83-93-92(65-77-122-93)131-135(8,120)127-74-56-48-49-57-78-136-95-82-97(111)105(4)102(95)116/h85-86,88,91-95,103,117-120H,3,5-84H2,1-2,4H3,(H,104,110). The van der Waals surface area contributed by atoms with Crippen LogP contribution in [0.2, 0.25) is 0 Å². The SMILES string of the molecule is C=C(CCOCCCC(=O)C(CCCCNC(=O)CCN1C(=O)CC(C)C1=O)CC(=O)CCN1C(=O)CC(C)C1=O)NCCCCCCOP(=C)(O)OCC1OCCC1OP(=C)(O)OCCCCCCCCCCCCCCCCCCCCCCCCCCCCCCCCCCCCCCCCCOP(=C)(O)OCC1OCCC1OP(=C)(O)OCCCCCCSC1CC(=O)N(C)C1=O. The molecule has 0 aromatic heterocycles. The molecule has 29 nitrogen and oxygen atoms in total. The normalized spacial score (nSPS) is 20.7. The highest BCUT2D eigenvalue weighted by molar-refractivity contribution is 8.00. The highest BCUT2D eigenvalue weighted by Gasteiger charge is 2.40. The minimum absolute atomic E-state index is 0.000150. The van der Waals surface area contributed by atoms with E-state index in [1.807, 2.05) is 0 Å². The molecule has 0 spiro atoms. The summed E-state index contributed by atoms with van der Waals surface area (Å²) >= 11 is 1.54. The van der Waals surface area contributed by atoms with Gasteiger partial charge in [-0.3, -0.25) is 57.9 Å². The second-order valence-corrected chi connectivity index (χ2v) is 47.2. The molecule has 0 aromatic carbocycles. The lowest BCUT2D eigenvalue weighted by Crippen LogP contribution is -2.35. The zero-order chi connectivity index (χ0) is 98.8. The Kier molecular flexibility index (Phi) is 67.6. The number of carbonyl (C=O) groups is 9. The number of nitrogens with one attached hydrogen (secondary N) is 2. The van der Waals surface area contributed by atoms with Crippen LogP contribution < -0.4 is 10.6 Å². The molecule has 7 amide bonds. The minimum atomic E-state index is -3.38. The van der Waals surface area contributed by atoms with E-state index in [0.29, 0.717) is 104 Å². The van der Waals surface area contributed by atoms with Gasteiger partial charge in [0.2, 0.25) is 71.6 Å². The molecular weight excluding hydrogens is 1840 g/mol. The predicted molar refractivity (Wildman–Crippen MR) is 552 cm³/mol. The number of ketones is 2. The van der Waals surface area contributed by atoms with Gasteiger partial charge in [0.1, 0.15) is 23.8 Å². The Bertz CT molecular complexity index is 3570. The number of hydrogen-bond acceptors (Lipinski definition) is 26. The number of ether oxygens (including phenoxy) is 3. The van der Waals surface area contributed by atoms with Gasteiger partial charge < -0.3 is 80.6 Å². The molecule has 6 N–H and O–H groups in total. The number of rotatable bonds is 93. The van der Waals surface area contributed by atoms with Crippen LogP contribution in [0.25, 0.3) is 0 Å². The van der Waals surface area contributed by atoms with E-state index >= 15 is 0 Å². The first kappa shape index (κ1) is 123. The number of thioether (sulfide) groups is 1. The van der Waals surface area contributed by atoms with Gasteiger partial charge in [0, 0.05) is 141 Å². The summed E-state index contributed by atoms with van der Waals surface area (Å²) in [6.07, 6.45) is 75.8. The smallest absolute Gasteiger partial charge is 0.248 e. The van der Waals surface area contributed by atoms with Crippen LogP contribution in [0, 0.1) is 17.8 Å². The molecule has 136 heavy (non-hydrogen) atoms. The Hall–Kier alpha value is -3.28. The minimum Gasteiger partial charge on any atom is -0.389 e. The molecule has 5 rings (SSSR count). The van der Waals surface area contributed by atoms with E-state index < -0.39 is 66.5 Å². The quantitative estimate of drug-likeness (QED) is 0.0187. The zero-order valence-electron chi connectivity index (χ0n) is 84.4. The maximum absolute atomic E-state index is 13.5. The molecule has 0 aromatic rings. The van der Waals surface area contributed by atoms with Crippen molar-refractivity contribution in [3.05, 3.63) is 12.3 Å². The fourth-order valence-electron chi connectivity index (χ4n) is 17.9. The van der Waals surface area contributed by atoms with Crippen LogP contribution in [0.5, 0.6) is 0 Å². The fourth-order valence-corrected chi connectivity index (χ4v) is 23.2. The van der Waals surface area contributed by atoms with Gasteiger partial charge in [0.15, 0.2) is 0 Å². The van der Waals surface area contributed by atoms with Crippen LogP contribution >= 0.6 is 42.0 Å². The van der Waals surface area contributed by atoms with Crippen molar-refractivity contribution in [1.29, 1.82) is 0 Å². The fraction of sp³-hybridized carbons (Fsp3) is 0.853. The van der Waals surface area contributed by atoms with Crippen LogP contribution in [0.1, 0.15) is 406 Å². The van der Waals surface area contributed by atoms with Crippen LogP contribution in [-0.4, -0.2) is 247 Å². The van der Waals surface area contributed by atoms with Gasteiger partial charge in [0.05, 0.1) is 63.7 Å². The third-order valence-corrected chi connectivity index (χ3v) is 32.4. The van der Waals surface area contributed by atoms with E-state index in [0.717, 1.165) is 111 Å². The lowest BCUT2D eigenvalue weighted by molar-refractivity contribution is -0.141. The molecular formula is C102H185N5O24P4S. The molecule has 5 fully saturated rings. The number of carbonyl (C=O) groups excluding carboxylic acids is 9. The first-order valence-electron chi connectivity index (χ1n) is 53.2. The molecule has 34 heteroatoms. The summed E-state index contributed by atoms with van der Waals surface area (Å²) in [4.78, 5) is 159. The summed E-state index contributed by atoms with van der Waals surface area (Å²) < 4.78 is 63.6. The zero-order valence-corrected chi connectivity index (χ0v) is 88.8.